The average molecular weight is 281 g/mol. The van der Waals surface area contributed by atoms with E-state index in [0.717, 1.165) is 0 Å². The van der Waals surface area contributed by atoms with Crippen molar-refractivity contribution < 1.29 is 9.53 Å². The van der Waals surface area contributed by atoms with E-state index in [-0.39, 0.29) is 17.3 Å². The maximum Gasteiger partial charge on any atom is 0.275 e. The van der Waals surface area contributed by atoms with Crippen molar-refractivity contribution in [2.45, 2.75) is 6.92 Å². The molecule has 7 heteroatoms. The molecule has 4 N–H and O–H groups in total. The van der Waals surface area contributed by atoms with E-state index in [4.69, 9.17) is 22.1 Å². The normalized spacial score (nSPS) is 10.2. The third-order valence-corrected chi connectivity index (χ3v) is 2.68. The average Bonchev–Trinajstić information content (AvgIpc) is 2.79. The number of ether oxygens (including phenoxy) is 1. The molecule has 0 saturated carbocycles. The van der Waals surface area contributed by atoms with Crippen LogP contribution in [0.2, 0.25) is 5.02 Å². The zero-order valence-electron chi connectivity index (χ0n) is 10.2. The van der Waals surface area contributed by atoms with Gasteiger partial charge in [0.25, 0.3) is 5.91 Å². The Balaban J connectivity index is 2.14. The predicted octanol–water partition coefficient (Wildman–Crippen LogP) is 2.30. The second kappa shape index (κ2) is 5.62. The number of rotatable bonds is 4. The number of hydrogen-bond donors (Lipinski definition) is 3. The van der Waals surface area contributed by atoms with Crippen LogP contribution in [0.4, 0.5) is 11.4 Å². The minimum Gasteiger partial charge on any atom is -0.492 e. The van der Waals surface area contributed by atoms with Gasteiger partial charge in [-0.3, -0.25) is 9.89 Å². The first-order valence-electron chi connectivity index (χ1n) is 5.64. The van der Waals surface area contributed by atoms with Crippen molar-refractivity contribution in [3.05, 3.63) is 35.1 Å². The molecule has 1 aromatic carbocycles. The molecule has 0 radical (unpaired) electrons. The first-order chi connectivity index (χ1) is 9.11. The number of amides is 1. The summed E-state index contributed by atoms with van der Waals surface area (Å²) >= 11 is 6.03. The third kappa shape index (κ3) is 2.97. The van der Waals surface area contributed by atoms with Crippen LogP contribution in [0.25, 0.3) is 0 Å². The Hall–Kier alpha value is -2.21. The molecule has 0 aliphatic heterocycles. The van der Waals surface area contributed by atoms with Crippen LogP contribution in [-0.4, -0.2) is 22.7 Å². The molecule has 100 valence electrons. The van der Waals surface area contributed by atoms with E-state index in [1.165, 1.54) is 6.20 Å². The van der Waals surface area contributed by atoms with Gasteiger partial charge in [0, 0.05) is 5.69 Å². The lowest BCUT2D eigenvalue weighted by molar-refractivity contribution is 0.102. The molecule has 0 spiro atoms. The fraction of sp³-hybridized carbons (Fsp3) is 0.167. The Morgan fingerprint density at radius 3 is 2.95 bits per heavy atom. The van der Waals surface area contributed by atoms with Crippen LogP contribution in [0.5, 0.6) is 5.75 Å². The van der Waals surface area contributed by atoms with Crippen molar-refractivity contribution in [1.29, 1.82) is 0 Å². The number of nitrogens with two attached hydrogens (primary N) is 1. The largest absolute Gasteiger partial charge is 0.492 e. The second-order valence-corrected chi connectivity index (χ2v) is 4.14. The highest BCUT2D eigenvalue weighted by Crippen LogP contribution is 2.27. The first kappa shape index (κ1) is 13.2. The van der Waals surface area contributed by atoms with E-state index < -0.39 is 0 Å². The lowest BCUT2D eigenvalue weighted by Crippen LogP contribution is -2.14. The number of benzene rings is 1. The molecular formula is C12H13ClN4O2. The van der Waals surface area contributed by atoms with Crippen LogP contribution in [-0.2, 0) is 0 Å². The highest BCUT2D eigenvalue weighted by Gasteiger charge is 2.12. The summed E-state index contributed by atoms with van der Waals surface area (Å²) in [6, 6.07) is 5.00. The van der Waals surface area contributed by atoms with Crippen molar-refractivity contribution in [1.82, 2.24) is 10.2 Å². The molecule has 0 atom stereocenters. The topological polar surface area (TPSA) is 93.0 Å². The first-order valence-corrected chi connectivity index (χ1v) is 6.02. The number of H-pyrrole nitrogens is 1. The summed E-state index contributed by atoms with van der Waals surface area (Å²) in [4.78, 5) is 11.9. The summed E-state index contributed by atoms with van der Waals surface area (Å²) in [6.07, 6.45) is 1.38. The number of halogens is 1. The van der Waals surface area contributed by atoms with Gasteiger partial charge in [-0.1, -0.05) is 11.6 Å². The molecule has 1 aromatic heterocycles. The number of nitrogens with zero attached hydrogens (tertiary/aromatic N) is 1. The number of carbonyl (C=O) groups is 1. The molecule has 1 amide bonds. The van der Waals surface area contributed by atoms with Gasteiger partial charge in [0.2, 0.25) is 0 Å². The van der Waals surface area contributed by atoms with Gasteiger partial charge in [-0.05, 0) is 25.1 Å². The van der Waals surface area contributed by atoms with E-state index >= 15 is 0 Å². The molecule has 0 saturated heterocycles. The molecule has 0 aliphatic rings. The third-order valence-electron chi connectivity index (χ3n) is 2.39. The van der Waals surface area contributed by atoms with Crippen LogP contribution in [0.3, 0.4) is 0 Å². The van der Waals surface area contributed by atoms with E-state index in [1.54, 1.807) is 18.2 Å². The predicted molar refractivity (Wildman–Crippen MR) is 73.6 cm³/mol. The Labute approximate surface area is 114 Å². The molecule has 6 nitrogen and oxygen atoms in total. The maximum atomic E-state index is 11.9. The Morgan fingerprint density at radius 1 is 1.58 bits per heavy atom. The summed E-state index contributed by atoms with van der Waals surface area (Å²) in [7, 11) is 0. The molecule has 0 unspecified atom stereocenters. The Bertz CT molecular complexity index is 597. The van der Waals surface area contributed by atoms with Crippen LogP contribution in [0, 0.1) is 0 Å². The van der Waals surface area contributed by atoms with Crippen LogP contribution in [0.1, 0.15) is 17.4 Å². The van der Waals surface area contributed by atoms with E-state index in [9.17, 15) is 4.79 Å². The van der Waals surface area contributed by atoms with Crippen molar-refractivity contribution in [3.63, 3.8) is 0 Å². The molecule has 2 rings (SSSR count). The lowest BCUT2D eigenvalue weighted by atomic mass is 10.2. The highest BCUT2D eigenvalue weighted by atomic mass is 35.5. The summed E-state index contributed by atoms with van der Waals surface area (Å²) in [6.45, 7) is 2.39. The Morgan fingerprint density at radius 2 is 2.37 bits per heavy atom. The minimum atomic E-state index is -0.379. The maximum absolute atomic E-state index is 11.9. The highest BCUT2D eigenvalue weighted by molar-refractivity contribution is 6.32. The number of aromatic nitrogens is 2. The van der Waals surface area contributed by atoms with E-state index in [1.807, 2.05) is 6.92 Å². The van der Waals surface area contributed by atoms with Gasteiger partial charge in [0.05, 0.1) is 23.5 Å². The molecule has 19 heavy (non-hydrogen) atoms. The fourth-order valence-electron chi connectivity index (χ4n) is 1.52. The van der Waals surface area contributed by atoms with Crippen molar-refractivity contribution in [3.8, 4) is 5.75 Å². The smallest absolute Gasteiger partial charge is 0.275 e. The number of aromatic amines is 1. The monoisotopic (exact) mass is 280 g/mol. The van der Waals surface area contributed by atoms with Gasteiger partial charge < -0.3 is 15.8 Å². The number of anilines is 2. The van der Waals surface area contributed by atoms with Gasteiger partial charge in [-0.25, -0.2) is 0 Å². The van der Waals surface area contributed by atoms with Crippen LogP contribution < -0.4 is 15.8 Å². The lowest BCUT2D eigenvalue weighted by Gasteiger charge is -2.08. The molecular weight excluding hydrogens is 268 g/mol. The molecule has 1 heterocycles. The summed E-state index contributed by atoms with van der Waals surface area (Å²) in [5.74, 6) is 0.193. The number of nitrogens with one attached hydrogen (secondary N) is 2. The molecule has 2 aromatic rings. The number of nitrogen functional groups attached to an aromatic ring is 1. The SMILES string of the molecule is CCOc1ccc(NC(=O)c2[nH]ncc2N)cc1Cl. The van der Waals surface area contributed by atoms with Gasteiger partial charge in [0.1, 0.15) is 11.4 Å². The van der Waals surface area contributed by atoms with Crippen molar-refractivity contribution in [2.24, 2.45) is 0 Å². The van der Waals surface area contributed by atoms with Gasteiger partial charge in [0.15, 0.2) is 0 Å². The van der Waals surface area contributed by atoms with Crippen molar-refractivity contribution >= 4 is 28.9 Å². The minimum absolute atomic E-state index is 0.213. The van der Waals surface area contributed by atoms with Gasteiger partial charge in [-0.2, -0.15) is 5.10 Å². The standard InChI is InChI=1S/C12H13ClN4O2/c1-2-19-10-4-3-7(5-8(10)13)16-12(18)11-9(14)6-15-17-11/h3-6H,2,14H2,1H3,(H,15,17)(H,16,18). The summed E-state index contributed by atoms with van der Waals surface area (Å²) < 4.78 is 5.31. The number of hydrogen-bond acceptors (Lipinski definition) is 4. The zero-order valence-corrected chi connectivity index (χ0v) is 11.0. The Kier molecular flexibility index (Phi) is 3.91. The molecule has 0 aliphatic carbocycles. The molecule has 0 fully saturated rings. The van der Waals surface area contributed by atoms with E-state index in [2.05, 4.69) is 15.5 Å². The quantitative estimate of drug-likeness (QED) is 0.801. The zero-order chi connectivity index (χ0) is 13.8. The fourth-order valence-corrected chi connectivity index (χ4v) is 1.76. The van der Waals surface area contributed by atoms with Gasteiger partial charge in [-0.15, -0.1) is 0 Å². The van der Waals surface area contributed by atoms with Crippen molar-refractivity contribution in [2.75, 3.05) is 17.7 Å². The molecule has 0 bridgehead atoms. The van der Waals surface area contributed by atoms with Gasteiger partial charge >= 0.3 is 0 Å². The summed E-state index contributed by atoms with van der Waals surface area (Å²) in [5, 5.41) is 9.30. The van der Waals surface area contributed by atoms with Crippen LogP contribution >= 0.6 is 11.6 Å². The number of carbonyl (C=O) groups excluding carboxylic acids is 1. The second-order valence-electron chi connectivity index (χ2n) is 3.73. The van der Waals surface area contributed by atoms with E-state index in [0.29, 0.717) is 23.1 Å². The van der Waals surface area contributed by atoms with Crippen LogP contribution in [0.15, 0.2) is 24.4 Å². The summed E-state index contributed by atoms with van der Waals surface area (Å²) in [5.41, 5.74) is 6.64.